The van der Waals surface area contributed by atoms with Crippen molar-refractivity contribution >= 4 is 11.7 Å². The normalized spacial score (nSPS) is 21.2. The molecule has 0 spiro atoms. The molecule has 0 radical (unpaired) electrons. The number of rotatable bonds is 2. The first-order valence-corrected chi connectivity index (χ1v) is 6.41. The van der Waals surface area contributed by atoms with Gasteiger partial charge in [0.25, 0.3) is 0 Å². The topological polar surface area (TPSA) is 53.3 Å². The van der Waals surface area contributed by atoms with Gasteiger partial charge in [0.15, 0.2) is 0 Å². The Labute approximate surface area is 113 Å². The highest BCUT2D eigenvalue weighted by Crippen LogP contribution is 2.42. The Morgan fingerprint density at radius 3 is 2.68 bits per heavy atom. The number of anilines is 1. The molecule has 0 saturated heterocycles. The average molecular weight is 258 g/mol. The van der Waals surface area contributed by atoms with Gasteiger partial charge >= 0.3 is 5.97 Å². The Balaban J connectivity index is 2.53. The predicted octanol–water partition coefficient (Wildman–Crippen LogP) is 2.43. The molecule has 0 aliphatic carbocycles. The van der Waals surface area contributed by atoms with Gasteiger partial charge in [-0.2, -0.15) is 5.26 Å². The van der Waals surface area contributed by atoms with E-state index < -0.39 is 0 Å². The largest absolute Gasteiger partial charge is 0.467 e. The number of esters is 1. The molecule has 1 aromatic rings. The fourth-order valence-corrected chi connectivity index (χ4v) is 2.82. The summed E-state index contributed by atoms with van der Waals surface area (Å²) in [6, 6.07) is 7.62. The van der Waals surface area contributed by atoms with Crippen molar-refractivity contribution in [3.8, 4) is 6.07 Å². The smallest absolute Gasteiger partial charge is 0.329 e. The van der Waals surface area contributed by atoms with E-state index in [0.717, 1.165) is 11.3 Å². The highest BCUT2D eigenvalue weighted by Gasteiger charge is 2.42. The molecule has 1 aromatic carbocycles. The molecule has 4 heteroatoms. The molecular formula is C15H18N2O2. The van der Waals surface area contributed by atoms with E-state index in [0.29, 0.717) is 5.56 Å². The maximum atomic E-state index is 12.0. The second-order valence-corrected chi connectivity index (χ2v) is 5.14. The lowest BCUT2D eigenvalue weighted by Gasteiger charge is -2.31. The molecule has 0 fully saturated rings. The van der Waals surface area contributed by atoms with Crippen LogP contribution >= 0.6 is 0 Å². The van der Waals surface area contributed by atoms with Crippen LogP contribution in [0.15, 0.2) is 18.2 Å². The van der Waals surface area contributed by atoms with Crippen molar-refractivity contribution in [2.24, 2.45) is 0 Å². The van der Waals surface area contributed by atoms with Crippen LogP contribution in [-0.2, 0) is 9.53 Å². The van der Waals surface area contributed by atoms with Gasteiger partial charge in [0.05, 0.1) is 18.7 Å². The van der Waals surface area contributed by atoms with E-state index in [4.69, 9.17) is 10.00 Å². The van der Waals surface area contributed by atoms with Crippen LogP contribution in [0.4, 0.5) is 5.69 Å². The summed E-state index contributed by atoms with van der Waals surface area (Å²) in [4.78, 5) is 14.1. The highest BCUT2D eigenvalue weighted by atomic mass is 16.5. The van der Waals surface area contributed by atoms with Crippen LogP contribution in [0.2, 0.25) is 0 Å². The standard InChI is InChI=1S/C15H18N2O2/c1-9(2)17-13-6-5-11(8-16)7-12(13)10(3)14(17)15(18)19-4/h5-7,9-10,14H,1-4H3. The lowest BCUT2D eigenvalue weighted by Crippen LogP contribution is -2.44. The van der Waals surface area contributed by atoms with Crippen molar-refractivity contribution in [1.82, 2.24) is 0 Å². The summed E-state index contributed by atoms with van der Waals surface area (Å²) in [5.41, 5.74) is 2.69. The van der Waals surface area contributed by atoms with Crippen LogP contribution < -0.4 is 4.90 Å². The van der Waals surface area contributed by atoms with Gasteiger partial charge < -0.3 is 9.64 Å². The number of nitrogens with zero attached hydrogens (tertiary/aromatic N) is 2. The van der Waals surface area contributed by atoms with Gasteiger partial charge in [0.1, 0.15) is 6.04 Å². The minimum atomic E-state index is -0.311. The van der Waals surface area contributed by atoms with Gasteiger partial charge in [-0.1, -0.05) is 6.92 Å². The molecule has 4 nitrogen and oxygen atoms in total. The quantitative estimate of drug-likeness (QED) is 0.764. The molecule has 1 heterocycles. The number of benzene rings is 1. The van der Waals surface area contributed by atoms with Gasteiger partial charge in [0, 0.05) is 17.6 Å². The van der Waals surface area contributed by atoms with Crippen LogP contribution in [-0.4, -0.2) is 25.2 Å². The van der Waals surface area contributed by atoms with Gasteiger partial charge in [-0.05, 0) is 37.6 Å². The molecule has 0 aromatic heterocycles. The summed E-state index contributed by atoms with van der Waals surface area (Å²) in [6.45, 7) is 6.11. The van der Waals surface area contributed by atoms with Crippen molar-refractivity contribution in [2.45, 2.75) is 38.8 Å². The summed E-state index contributed by atoms with van der Waals surface area (Å²) in [5, 5.41) is 9.00. The first kappa shape index (κ1) is 13.4. The molecule has 19 heavy (non-hydrogen) atoms. The summed E-state index contributed by atoms with van der Waals surface area (Å²) in [5.74, 6) is -0.200. The zero-order valence-electron chi connectivity index (χ0n) is 11.7. The lowest BCUT2D eigenvalue weighted by molar-refractivity contribution is -0.142. The van der Waals surface area contributed by atoms with Gasteiger partial charge in [0.2, 0.25) is 0 Å². The van der Waals surface area contributed by atoms with Crippen molar-refractivity contribution in [3.63, 3.8) is 0 Å². The molecule has 0 N–H and O–H groups in total. The predicted molar refractivity (Wildman–Crippen MR) is 73.0 cm³/mol. The van der Waals surface area contributed by atoms with Gasteiger partial charge in [-0.15, -0.1) is 0 Å². The number of ether oxygens (including phenoxy) is 1. The van der Waals surface area contributed by atoms with Crippen LogP contribution in [0.3, 0.4) is 0 Å². The third-order valence-corrected chi connectivity index (χ3v) is 3.70. The summed E-state index contributed by atoms with van der Waals surface area (Å²) in [6.07, 6.45) is 0. The Morgan fingerprint density at radius 2 is 2.16 bits per heavy atom. The van der Waals surface area contributed by atoms with E-state index in [-0.39, 0.29) is 24.0 Å². The maximum absolute atomic E-state index is 12.0. The Hall–Kier alpha value is -2.02. The number of carbonyl (C=O) groups is 1. The van der Waals surface area contributed by atoms with Crippen molar-refractivity contribution in [3.05, 3.63) is 29.3 Å². The minimum Gasteiger partial charge on any atom is -0.467 e. The van der Waals surface area contributed by atoms with Crippen molar-refractivity contribution < 1.29 is 9.53 Å². The molecule has 1 aliphatic heterocycles. The molecule has 0 bridgehead atoms. The number of fused-ring (bicyclic) bond motifs is 1. The molecular weight excluding hydrogens is 240 g/mol. The van der Waals surface area contributed by atoms with E-state index in [2.05, 4.69) is 24.8 Å². The second-order valence-electron chi connectivity index (χ2n) is 5.14. The molecule has 2 atom stereocenters. The first-order valence-electron chi connectivity index (χ1n) is 6.41. The second kappa shape index (κ2) is 4.93. The van der Waals surface area contributed by atoms with E-state index >= 15 is 0 Å². The van der Waals surface area contributed by atoms with E-state index in [1.807, 2.05) is 19.1 Å². The SMILES string of the molecule is COC(=O)C1C(C)c2cc(C#N)ccc2N1C(C)C. The van der Waals surface area contributed by atoms with Gasteiger partial charge in [-0.3, -0.25) is 0 Å². The zero-order valence-corrected chi connectivity index (χ0v) is 11.7. The van der Waals surface area contributed by atoms with E-state index in [1.165, 1.54) is 7.11 Å². The summed E-state index contributed by atoms with van der Waals surface area (Å²) in [7, 11) is 1.41. The monoisotopic (exact) mass is 258 g/mol. The number of methoxy groups -OCH3 is 1. The average Bonchev–Trinajstić information content (AvgIpc) is 2.70. The summed E-state index contributed by atoms with van der Waals surface area (Å²) >= 11 is 0. The van der Waals surface area contributed by atoms with Crippen molar-refractivity contribution in [2.75, 3.05) is 12.0 Å². The first-order chi connectivity index (χ1) is 9.01. The van der Waals surface area contributed by atoms with Crippen LogP contribution in [0.5, 0.6) is 0 Å². The Bertz CT molecular complexity index is 546. The molecule has 0 saturated carbocycles. The number of hydrogen-bond acceptors (Lipinski definition) is 4. The molecule has 0 amide bonds. The molecule has 100 valence electrons. The van der Waals surface area contributed by atoms with Crippen LogP contribution in [0, 0.1) is 11.3 Å². The molecule has 2 rings (SSSR count). The Kier molecular flexibility index (Phi) is 3.48. The fraction of sp³-hybridized carbons (Fsp3) is 0.467. The summed E-state index contributed by atoms with van der Waals surface area (Å²) < 4.78 is 4.93. The highest BCUT2D eigenvalue weighted by molar-refractivity contribution is 5.85. The van der Waals surface area contributed by atoms with Gasteiger partial charge in [-0.25, -0.2) is 4.79 Å². The Morgan fingerprint density at radius 1 is 1.47 bits per heavy atom. The molecule has 1 aliphatic rings. The number of carbonyl (C=O) groups excluding carboxylic acids is 1. The van der Waals surface area contributed by atoms with E-state index in [1.54, 1.807) is 6.07 Å². The maximum Gasteiger partial charge on any atom is 0.329 e. The fourth-order valence-electron chi connectivity index (χ4n) is 2.82. The third kappa shape index (κ3) is 2.06. The van der Waals surface area contributed by atoms with E-state index in [9.17, 15) is 4.79 Å². The van der Waals surface area contributed by atoms with Crippen LogP contribution in [0.1, 0.15) is 37.8 Å². The van der Waals surface area contributed by atoms with Crippen LogP contribution in [0.25, 0.3) is 0 Å². The zero-order chi connectivity index (χ0) is 14.2. The minimum absolute atomic E-state index is 0.0261. The third-order valence-electron chi connectivity index (χ3n) is 3.70. The molecule has 2 unspecified atom stereocenters. The number of hydrogen-bond donors (Lipinski definition) is 0. The lowest BCUT2D eigenvalue weighted by atomic mass is 9.96. The van der Waals surface area contributed by atoms with Crippen molar-refractivity contribution in [1.29, 1.82) is 5.26 Å². The number of nitriles is 1.